The summed E-state index contributed by atoms with van der Waals surface area (Å²) >= 11 is 0. The summed E-state index contributed by atoms with van der Waals surface area (Å²) in [6.07, 6.45) is 2.07. The van der Waals surface area contributed by atoms with Gasteiger partial charge in [0.25, 0.3) is 0 Å². The fourth-order valence-electron chi connectivity index (χ4n) is 2.68. The fraction of sp³-hybridized carbons (Fsp3) is 0.619. The fourth-order valence-corrected chi connectivity index (χ4v) is 2.68. The number of benzene rings is 1. The van der Waals surface area contributed by atoms with Gasteiger partial charge in [0.05, 0.1) is 6.54 Å². The molecule has 7 heteroatoms. The second-order valence-electron chi connectivity index (χ2n) is 7.46. The monoisotopic (exact) mass is 501 g/mol. The number of nitrogens with one attached hydrogen (secondary N) is 3. The van der Waals surface area contributed by atoms with E-state index < -0.39 is 0 Å². The quantitative estimate of drug-likeness (QED) is 0.200. The highest BCUT2D eigenvalue weighted by Crippen LogP contribution is 2.28. The molecule has 0 spiro atoms. The number of carbonyl (C=O) groups excluding carboxylic acids is 1. The van der Waals surface area contributed by atoms with Crippen molar-refractivity contribution >= 4 is 35.8 Å². The van der Waals surface area contributed by atoms with Crippen molar-refractivity contribution in [2.24, 2.45) is 10.9 Å². The van der Waals surface area contributed by atoms with Crippen LogP contribution < -0.4 is 16.0 Å². The Morgan fingerprint density at radius 1 is 1.14 bits per heavy atom. The molecule has 0 radical (unpaired) electrons. The number of guanidine groups is 1. The van der Waals surface area contributed by atoms with Crippen LogP contribution in [0.1, 0.15) is 44.7 Å². The van der Waals surface area contributed by atoms with E-state index in [2.05, 4.69) is 72.9 Å². The summed E-state index contributed by atoms with van der Waals surface area (Å²) in [6, 6.07) is 8.98. The van der Waals surface area contributed by atoms with Crippen molar-refractivity contribution in [1.82, 2.24) is 20.9 Å². The van der Waals surface area contributed by atoms with Crippen LogP contribution in [-0.2, 0) is 17.9 Å². The van der Waals surface area contributed by atoms with Gasteiger partial charge in [0, 0.05) is 38.1 Å². The summed E-state index contributed by atoms with van der Waals surface area (Å²) in [5.74, 6) is 1.22. The van der Waals surface area contributed by atoms with Gasteiger partial charge in [0.1, 0.15) is 0 Å². The predicted octanol–water partition coefficient (Wildman–Crippen LogP) is 2.73. The topological polar surface area (TPSA) is 68.8 Å². The van der Waals surface area contributed by atoms with Crippen molar-refractivity contribution in [1.29, 1.82) is 0 Å². The van der Waals surface area contributed by atoms with Gasteiger partial charge in [-0.05, 0) is 51.8 Å². The van der Waals surface area contributed by atoms with Crippen LogP contribution in [-0.4, -0.2) is 49.5 Å². The molecule has 0 saturated heterocycles. The molecule has 3 N–H and O–H groups in total. The molecule has 1 aromatic rings. The Kier molecular flexibility index (Phi) is 11.4. The van der Waals surface area contributed by atoms with Gasteiger partial charge in [0.2, 0.25) is 5.91 Å². The molecular weight excluding hydrogens is 465 g/mol. The highest BCUT2D eigenvalue weighted by Gasteiger charge is 2.28. The first kappa shape index (κ1) is 24.7. The molecule has 0 bridgehead atoms. The summed E-state index contributed by atoms with van der Waals surface area (Å²) < 4.78 is 0. The van der Waals surface area contributed by atoms with Crippen molar-refractivity contribution in [3.05, 3.63) is 35.4 Å². The van der Waals surface area contributed by atoms with Crippen LogP contribution >= 0.6 is 24.0 Å². The van der Waals surface area contributed by atoms with E-state index in [0.29, 0.717) is 25.7 Å². The van der Waals surface area contributed by atoms with Crippen molar-refractivity contribution < 1.29 is 4.79 Å². The Labute approximate surface area is 187 Å². The molecule has 0 atom stereocenters. The molecule has 158 valence electrons. The van der Waals surface area contributed by atoms with Crippen LogP contribution in [0.2, 0.25) is 0 Å². The molecule has 0 unspecified atom stereocenters. The minimum atomic E-state index is 0. The lowest BCUT2D eigenvalue weighted by Gasteiger charge is -2.22. The zero-order valence-electron chi connectivity index (χ0n) is 17.6. The van der Waals surface area contributed by atoms with E-state index in [0.717, 1.165) is 31.9 Å². The zero-order valence-corrected chi connectivity index (χ0v) is 20.0. The van der Waals surface area contributed by atoms with Crippen LogP contribution in [0.4, 0.5) is 0 Å². The SMILES string of the molecule is CCNC(=NCc1ccccc1CN(C)C(C)C)NCCNC(=O)C1CC1.I. The summed E-state index contributed by atoms with van der Waals surface area (Å²) in [4.78, 5) is 18.7. The molecular formula is C21H36IN5O. The predicted molar refractivity (Wildman–Crippen MR) is 127 cm³/mol. The molecule has 2 rings (SSSR count). The van der Waals surface area contributed by atoms with E-state index in [9.17, 15) is 4.79 Å². The highest BCUT2D eigenvalue weighted by molar-refractivity contribution is 14.0. The number of hydrogen-bond donors (Lipinski definition) is 3. The van der Waals surface area contributed by atoms with Crippen molar-refractivity contribution in [2.75, 3.05) is 26.7 Å². The van der Waals surface area contributed by atoms with E-state index in [4.69, 9.17) is 4.99 Å². The number of nitrogens with zero attached hydrogens (tertiary/aromatic N) is 2. The van der Waals surface area contributed by atoms with Crippen LogP contribution in [0.5, 0.6) is 0 Å². The van der Waals surface area contributed by atoms with Crippen LogP contribution in [0.15, 0.2) is 29.3 Å². The highest BCUT2D eigenvalue weighted by atomic mass is 127. The molecule has 0 aromatic heterocycles. The maximum Gasteiger partial charge on any atom is 0.223 e. The lowest BCUT2D eigenvalue weighted by atomic mass is 10.1. The Bertz CT molecular complexity index is 631. The number of hydrogen-bond acceptors (Lipinski definition) is 3. The van der Waals surface area contributed by atoms with Gasteiger partial charge in [-0.15, -0.1) is 24.0 Å². The van der Waals surface area contributed by atoms with Crippen molar-refractivity contribution in [3.63, 3.8) is 0 Å². The largest absolute Gasteiger partial charge is 0.357 e. The van der Waals surface area contributed by atoms with E-state index in [1.54, 1.807) is 0 Å². The number of amides is 1. The van der Waals surface area contributed by atoms with E-state index >= 15 is 0 Å². The molecule has 1 aliphatic carbocycles. The first-order valence-electron chi connectivity index (χ1n) is 10.1. The van der Waals surface area contributed by atoms with Gasteiger partial charge in [-0.25, -0.2) is 4.99 Å². The molecule has 6 nitrogen and oxygen atoms in total. The minimum Gasteiger partial charge on any atom is -0.357 e. The average Bonchev–Trinajstić information content (AvgIpc) is 3.49. The first-order valence-corrected chi connectivity index (χ1v) is 10.1. The molecule has 1 aromatic carbocycles. The average molecular weight is 501 g/mol. The third-order valence-corrected chi connectivity index (χ3v) is 4.84. The zero-order chi connectivity index (χ0) is 19.6. The number of rotatable bonds is 10. The maximum atomic E-state index is 11.7. The maximum absolute atomic E-state index is 11.7. The molecule has 28 heavy (non-hydrogen) atoms. The summed E-state index contributed by atoms with van der Waals surface area (Å²) in [5.41, 5.74) is 2.55. The lowest BCUT2D eigenvalue weighted by Crippen LogP contribution is -2.41. The van der Waals surface area contributed by atoms with Gasteiger partial charge >= 0.3 is 0 Å². The second-order valence-corrected chi connectivity index (χ2v) is 7.46. The Morgan fingerprint density at radius 2 is 1.79 bits per heavy atom. The van der Waals surface area contributed by atoms with E-state index in [1.807, 2.05) is 0 Å². The Hall–Kier alpha value is -1.35. The molecule has 0 heterocycles. The van der Waals surface area contributed by atoms with E-state index in [1.165, 1.54) is 11.1 Å². The van der Waals surface area contributed by atoms with Gasteiger partial charge in [0.15, 0.2) is 5.96 Å². The van der Waals surface area contributed by atoms with Gasteiger partial charge in [-0.1, -0.05) is 24.3 Å². The smallest absolute Gasteiger partial charge is 0.223 e. The molecule has 1 amide bonds. The summed E-state index contributed by atoms with van der Waals surface area (Å²) in [6.45, 7) is 10.1. The summed E-state index contributed by atoms with van der Waals surface area (Å²) in [7, 11) is 2.15. The normalized spacial score (nSPS) is 14.0. The number of halogens is 1. The minimum absolute atomic E-state index is 0. The molecule has 1 aliphatic rings. The Balaban J connectivity index is 0.00000392. The first-order chi connectivity index (χ1) is 13.0. The molecule has 1 saturated carbocycles. The third-order valence-electron chi connectivity index (χ3n) is 4.84. The summed E-state index contributed by atoms with van der Waals surface area (Å²) in [5, 5.41) is 9.54. The second kappa shape index (κ2) is 13.0. The van der Waals surface area contributed by atoms with Crippen molar-refractivity contribution in [2.45, 2.75) is 52.7 Å². The molecule has 1 fully saturated rings. The van der Waals surface area contributed by atoms with Crippen LogP contribution in [0.25, 0.3) is 0 Å². The van der Waals surface area contributed by atoms with Crippen LogP contribution in [0, 0.1) is 5.92 Å². The Morgan fingerprint density at radius 3 is 2.39 bits per heavy atom. The van der Waals surface area contributed by atoms with Gasteiger partial charge in [-0.3, -0.25) is 9.69 Å². The van der Waals surface area contributed by atoms with Gasteiger partial charge < -0.3 is 16.0 Å². The lowest BCUT2D eigenvalue weighted by molar-refractivity contribution is -0.122. The van der Waals surface area contributed by atoms with Gasteiger partial charge in [-0.2, -0.15) is 0 Å². The van der Waals surface area contributed by atoms with Crippen LogP contribution in [0.3, 0.4) is 0 Å². The number of carbonyl (C=O) groups is 1. The van der Waals surface area contributed by atoms with Crippen molar-refractivity contribution in [3.8, 4) is 0 Å². The van der Waals surface area contributed by atoms with E-state index in [-0.39, 0.29) is 35.8 Å². The number of aliphatic imine (C=N–C) groups is 1. The standard InChI is InChI=1S/C21H35N5O.HI/c1-5-22-21(24-13-12-23-20(27)17-10-11-17)25-14-18-8-6-7-9-19(18)15-26(4)16(2)3;/h6-9,16-17H,5,10-15H2,1-4H3,(H,23,27)(H2,22,24,25);1H. The molecule has 0 aliphatic heterocycles. The third kappa shape index (κ3) is 8.77.